The third-order valence-corrected chi connectivity index (χ3v) is 3.26. The molecule has 1 saturated carbocycles. The number of pyridine rings is 1. The van der Waals surface area contributed by atoms with Crippen LogP contribution >= 0.6 is 0 Å². The van der Waals surface area contributed by atoms with Gasteiger partial charge in [0.15, 0.2) is 0 Å². The molecule has 1 fully saturated rings. The molecule has 1 heterocycles. The van der Waals surface area contributed by atoms with Gasteiger partial charge in [-0.1, -0.05) is 34.6 Å². The van der Waals surface area contributed by atoms with E-state index in [1.165, 1.54) is 0 Å². The molecule has 0 radical (unpaired) electrons. The Morgan fingerprint density at radius 1 is 1.40 bits per heavy atom. The first-order valence-electron chi connectivity index (χ1n) is 7.34. The van der Waals surface area contributed by atoms with Gasteiger partial charge in [-0.3, -0.25) is 9.78 Å². The fraction of sp³-hybridized carbons (Fsp3) is 0.625. The van der Waals surface area contributed by atoms with E-state index >= 15 is 0 Å². The molecule has 4 heteroatoms. The first kappa shape index (κ1) is 16.6. The Kier molecular flexibility index (Phi) is 5.28. The summed E-state index contributed by atoms with van der Waals surface area (Å²) in [6.07, 6.45) is 3.76. The van der Waals surface area contributed by atoms with Gasteiger partial charge in [0, 0.05) is 18.2 Å². The van der Waals surface area contributed by atoms with E-state index in [9.17, 15) is 4.79 Å². The number of hydrogen-bond donors (Lipinski definition) is 2. The number of amides is 1. The maximum absolute atomic E-state index is 11.8. The molecule has 0 unspecified atom stereocenters. The second-order valence-corrected chi connectivity index (χ2v) is 6.14. The Hall–Kier alpha value is -1.42. The summed E-state index contributed by atoms with van der Waals surface area (Å²) in [5.74, 6) is 0.0507. The molecule has 1 aliphatic carbocycles. The minimum Gasteiger partial charge on any atom is -0.352 e. The van der Waals surface area contributed by atoms with Crippen LogP contribution in [-0.4, -0.2) is 10.9 Å². The van der Waals surface area contributed by atoms with E-state index in [0.29, 0.717) is 6.54 Å². The molecule has 20 heavy (non-hydrogen) atoms. The lowest BCUT2D eigenvalue weighted by molar-refractivity contribution is -0.128. The molecule has 1 aromatic rings. The Morgan fingerprint density at radius 3 is 2.50 bits per heavy atom. The van der Waals surface area contributed by atoms with Crippen LogP contribution < -0.4 is 11.1 Å². The summed E-state index contributed by atoms with van der Waals surface area (Å²) < 4.78 is 0. The van der Waals surface area contributed by atoms with Crippen LogP contribution in [0.15, 0.2) is 18.3 Å². The van der Waals surface area contributed by atoms with Crippen LogP contribution in [0.2, 0.25) is 0 Å². The molecule has 3 N–H and O–H groups in total. The third kappa shape index (κ3) is 4.30. The van der Waals surface area contributed by atoms with Gasteiger partial charge in [0.25, 0.3) is 0 Å². The SMILES string of the molecule is CC.CC(C)(C)C(=O)NCc1ccnc(C2(N)CC2)c1. The zero-order chi connectivity index (χ0) is 15.4. The summed E-state index contributed by atoms with van der Waals surface area (Å²) >= 11 is 0. The quantitative estimate of drug-likeness (QED) is 0.892. The van der Waals surface area contributed by atoms with E-state index in [2.05, 4.69) is 10.3 Å². The molecular formula is C16H27N3O. The molecule has 0 spiro atoms. The zero-order valence-electron chi connectivity index (χ0n) is 13.3. The van der Waals surface area contributed by atoms with Crippen LogP contribution in [0.5, 0.6) is 0 Å². The second kappa shape index (κ2) is 6.35. The number of nitrogens with one attached hydrogen (secondary N) is 1. The highest BCUT2D eigenvalue weighted by molar-refractivity contribution is 5.81. The van der Waals surface area contributed by atoms with Crippen molar-refractivity contribution in [3.63, 3.8) is 0 Å². The highest BCUT2D eigenvalue weighted by Crippen LogP contribution is 2.41. The summed E-state index contributed by atoms with van der Waals surface area (Å²) in [5, 5.41) is 2.93. The fourth-order valence-electron chi connectivity index (χ4n) is 1.69. The standard InChI is InChI=1S/C14H21N3O.C2H6/c1-13(2,3)12(18)17-9-10-4-7-16-11(8-10)14(15)5-6-14;1-2/h4,7-8H,5-6,9,15H2,1-3H3,(H,17,18);1-2H3. The molecule has 0 aliphatic heterocycles. The van der Waals surface area contributed by atoms with Crippen LogP contribution in [0, 0.1) is 5.41 Å². The Morgan fingerprint density at radius 2 is 2.00 bits per heavy atom. The monoisotopic (exact) mass is 277 g/mol. The molecule has 112 valence electrons. The van der Waals surface area contributed by atoms with E-state index in [1.54, 1.807) is 6.20 Å². The predicted octanol–water partition coefficient (Wildman–Crippen LogP) is 2.72. The lowest BCUT2D eigenvalue weighted by Crippen LogP contribution is -2.34. The number of hydrogen-bond acceptors (Lipinski definition) is 3. The van der Waals surface area contributed by atoms with Crippen LogP contribution in [0.3, 0.4) is 0 Å². The van der Waals surface area contributed by atoms with Crippen molar-refractivity contribution in [2.24, 2.45) is 11.1 Å². The highest BCUT2D eigenvalue weighted by atomic mass is 16.2. The average molecular weight is 277 g/mol. The highest BCUT2D eigenvalue weighted by Gasteiger charge is 2.41. The van der Waals surface area contributed by atoms with Crippen molar-refractivity contribution in [3.05, 3.63) is 29.6 Å². The average Bonchev–Trinajstić information content (AvgIpc) is 3.17. The van der Waals surface area contributed by atoms with Gasteiger partial charge in [-0.2, -0.15) is 0 Å². The van der Waals surface area contributed by atoms with Crippen LogP contribution in [0.4, 0.5) is 0 Å². The molecule has 0 aromatic carbocycles. The molecule has 2 rings (SSSR count). The molecule has 1 amide bonds. The normalized spacial score (nSPS) is 15.9. The minimum absolute atomic E-state index is 0.0507. The van der Waals surface area contributed by atoms with Crippen LogP contribution in [0.25, 0.3) is 0 Å². The summed E-state index contributed by atoms with van der Waals surface area (Å²) in [7, 11) is 0. The molecule has 1 aliphatic rings. The van der Waals surface area contributed by atoms with Crippen molar-refractivity contribution in [1.82, 2.24) is 10.3 Å². The number of carbonyl (C=O) groups is 1. The van der Waals surface area contributed by atoms with Gasteiger partial charge in [0.2, 0.25) is 5.91 Å². The lowest BCUT2D eigenvalue weighted by Gasteiger charge is -2.18. The van der Waals surface area contributed by atoms with Gasteiger partial charge >= 0.3 is 0 Å². The summed E-state index contributed by atoms with van der Waals surface area (Å²) in [6, 6.07) is 3.91. The molecule has 4 nitrogen and oxygen atoms in total. The summed E-state index contributed by atoms with van der Waals surface area (Å²) in [4.78, 5) is 16.1. The smallest absolute Gasteiger partial charge is 0.225 e. The number of rotatable bonds is 3. The van der Waals surface area contributed by atoms with Crippen molar-refractivity contribution >= 4 is 5.91 Å². The van der Waals surface area contributed by atoms with Crippen molar-refractivity contribution in [2.45, 2.75) is 59.5 Å². The van der Waals surface area contributed by atoms with E-state index in [0.717, 1.165) is 24.1 Å². The lowest BCUT2D eigenvalue weighted by atomic mass is 9.95. The number of nitrogens with two attached hydrogens (primary N) is 1. The first-order chi connectivity index (χ1) is 9.31. The van der Waals surface area contributed by atoms with Crippen LogP contribution in [-0.2, 0) is 16.9 Å². The van der Waals surface area contributed by atoms with Gasteiger partial charge < -0.3 is 11.1 Å². The Bertz CT molecular complexity index is 459. The van der Waals surface area contributed by atoms with Crippen molar-refractivity contribution in [3.8, 4) is 0 Å². The van der Waals surface area contributed by atoms with E-state index in [1.807, 2.05) is 46.8 Å². The first-order valence-corrected chi connectivity index (χ1v) is 7.34. The van der Waals surface area contributed by atoms with E-state index in [-0.39, 0.29) is 16.9 Å². The number of carbonyl (C=O) groups excluding carboxylic acids is 1. The molecule has 0 atom stereocenters. The van der Waals surface area contributed by atoms with E-state index < -0.39 is 0 Å². The molecular weight excluding hydrogens is 250 g/mol. The Balaban J connectivity index is 0.000000956. The fourth-order valence-corrected chi connectivity index (χ4v) is 1.69. The molecule has 0 saturated heterocycles. The summed E-state index contributed by atoms with van der Waals surface area (Å²) in [6.45, 7) is 10.2. The van der Waals surface area contributed by atoms with Gasteiger partial charge in [0.05, 0.1) is 11.2 Å². The summed E-state index contributed by atoms with van der Waals surface area (Å²) in [5.41, 5.74) is 7.52. The maximum Gasteiger partial charge on any atom is 0.225 e. The van der Waals surface area contributed by atoms with E-state index in [4.69, 9.17) is 5.73 Å². The Labute approximate surface area is 122 Å². The number of aromatic nitrogens is 1. The zero-order valence-corrected chi connectivity index (χ0v) is 13.3. The van der Waals surface area contributed by atoms with Crippen molar-refractivity contribution < 1.29 is 4.79 Å². The van der Waals surface area contributed by atoms with Gasteiger partial charge in [-0.15, -0.1) is 0 Å². The second-order valence-electron chi connectivity index (χ2n) is 6.14. The van der Waals surface area contributed by atoms with Gasteiger partial charge in [-0.25, -0.2) is 0 Å². The molecule has 0 bridgehead atoms. The van der Waals surface area contributed by atoms with Crippen molar-refractivity contribution in [2.75, 3.05) is 0 Å². The van der Waals surface area contributed by atoms with Gasteiger partial charge in [-0.05, 0) is 30.5 Å². The molecule has 1 aromatic heterocycles. The van der Waals surface area contributed by atoms with Crippen molar-refractivity contribution in [1.29, 1.82) is 0 Å². The van der Waals surface area contributed by atoms with Crippen LogP contribution in [0.1, 0.15) is 58.7 Å². The maximum atomic E-state index is 11.8. The largest absolute Gasteiger partial charge is 0.352 e. The number of nitrogens with zero attached hydrogens (tertiary/aromatic N) is 1. The topological polar surface area (TPSA) is 68.0 Å². The third-order valence-electron chi connectivity index (χ3n) is 3.26. The predicted molar refractivity (Wildman–Crippen MR) is 82.0 cm³/mol. The van der Waals surface area contributed by atoms with Gasteiger partial charge in [0.1, 0.15) is 0 Å². The minimum atomic E-state index is -0.360.